The van der Waals surface area contributed by atoms with Crippen LogP contribution in [0.4, 0.5) is 10.1 Å². The molecular formula is C15H13BrFNO. The van der Waals surface area contributed by atoms with E-state index in [1.807, 2.05) is 25.1 Å². The molecule has 1 amide bonds. The predicted octanol–water partition coefficient (Wildman–Crippen LogP) is 4.46. The number of benzene rings is 2. The SMILES string of the molecule is Cc1ccc(Br)c(NC(=O)c2ccc(F)cc2C)c1. The summed E-state index contributed by atoms with van der Waals surface area (Å²) in [6.07, 6.45) is 0. The summed E-state index contributed by atoms with van der Waals surface area (Å²) in [4.78, 5) is 12.2. The molecule has 0 aliphatic rings. The van der Waals surface area contributed by atoms with Gasteiger partial charge in [-0.2, -0.15) is 0 Å². The number of rotatable bonds is 2. The quantitative estimate of drug-likeness (QED) is 0.869. The lowest BCUT2D eigenvalue weighted by atomic mass is 10.1. The number of halogens is 2. The van der Waals surface area contributed by atoms with Crippen LogP contribution in [0.1, 0.15) is 21.5 Å². The van der Waals surface area contributed by atoms with Crippen LogP contribution in [-0.2, 0) is 0 Å². The molecule has 0 radical (unpaired) electrons. The van der Waals surface area contributed by atoms with Crippen LogP contribution in [0.15, 0.2) is 40.9 Å². The second-order valence-corrected chi connectivity index (χ2v) is 5.25. The highest BCUT2D eigenvalue weighted by molar-refractivity contribution is 9.10. The Hall–Kier alpha value is -1.68. The normalized spacial score (nSPS) is 10.3. The monoisotopic (exact) mass is 321 g/mol. The summed E-state index contributed by atoms with van der Waals surface area (Å²) < 4.78 is 13.8. The summed E-state index contributed by atoms with van der Waals surface area (Å²) in [6, 6.07) is 9.82. The Kier molecular flexibility index (Phi) is 4.00. The first-order valence-electron chi connectivity index (χ1n) is 5.81. The first kappa shape index (κ1) is 13.7. The lowest BCUT2D eigenvalue weighted by molar-refractivity contribution is 0.102. The molecule has 0 spiro atoms. The number of carbonyl (C=O) groups excluding carboxylic acids is 1. The van der Waals surface area contributed by atoms with Gasteiger partial charge in [0.2, 0.25) is 0 Å². The number of anilines is 1. The first-order chi connectivity index (χ1) is 8.97. The van der Waals surface area contributed by atoms with Crippen molar-refractivity contribution < 1.29 is 9.18 Å². The molecule has 0 saturated carbocycles. The van der Waals surface area contributed by atoms with Crippen molar-refractivity contribution in [3.63, 3.8) is 0 Å². The maximum Gasteiger partial charge on any atom is 0.255 e. The van der Waals surface area contributed by atoms with Gasteiger partial charge in [-0.3, -0.25) is 4.79 Å². The fourth-order valence-corrected chi connectivity index (χ4v) is 2.15. The minimum Gasteiger partial charge on any atom is -0.321 e. The molecule has 1 N–H and O–H groups in total. The average Bonchev–Trinajstić information content (AvgIpc) is 2.33. The molecule has 2 nitrogen and oxygen atoms in total. The van der Waals surface area contributed by atoms with Crippen molar-refractivity contribution in [2.75, 3.05) is 5.32 Å². The van der Waals surface area contributed by atoms with Gasteiger partial charge in [0.15, 0.2) is 0 Å². The topological polar surface area (TPSA) is 29.1 Å². The summed E-state index contributed by atoms with van der Waals surface area (Å²) in [6.45, 7) is 3.66. The van der Waals surface area contributed by atoms with Gasteiger partial charge in [0.25, 0.3) is 5.91 Å². The fraction of sp³-hybridized carbons (Fsp3) is 0.133. The molecule has 0 aliphatic carbocycles. The number of hydrogen-bond donors (Lipinski definition) is 1. The van der Waals surface area contributed by atoms with E-state index in [-0.39, 0.29) is 11.7 Å². The highest BCUT2D eigenvalue weighted by atomic mass is 79.9. The molecule has 0 saturated heterocycles. The van der Waals surface area contributed by atoms with E-state index in [1.54, 1.807) is 6.92 Å². The maximum atomic E-state index is 13.0. The lowest BCUT2D eigenvalue weighted by Gasteiger charge is -2.10. The number of nitrogens with one attached hydrogen (secondary N) is 1. The van der Waals surface area contributed by atoms with Gasteiger partial charge in [0.05, 0.1) is 5.69 Å². The van der Waals surface area contributed by atoms with E-state index in [0.717, 1.165) is 10.0 Å². The van der Waals surface area contributed by atoms with Crippen molar-refractivity contribution in [3.8, 4) is 0 Å². The molecule has 0 bridgehead atoms. The molecule has 19 heavy (non-hydrogen) atoms. The summed E-state index contributed by atoms with van der Waals surface area (Å²) in [5, 5.41) is 2.82. The average molecular weight is 322 g/mol. The minimum absolute atomic E-state index is 0.246. The van der Waals surface area contributed by atoms with Crippen molar-refractivity contribution in [1.29, 1.82) is 0 Å². The zero-order valence-electron chi connectivity index (χ0n) is 10.6. The third-order valence-corrected chi connectivity index (χ3v) is 3.49. The first-order valence-corrected chi connectivity index (χ1v) is 6.60. The second-order valence-electron chi connectivity index (χ2n) is 4.40. The molecule has 0 heterocycles. The zero-order valence-corrected chi connectivity index (χ0v) is 12.2. The highest BCUT2D eigenvalue weighted by Gasteiger charge is 2.11. The van der Waals surface area contributed by atoms with Crippen LogP contribution in [0, 0.1) is 19.7 Å². The summed E-state index contributed by atoms with van der Waals surface area (Å²) in [7, 11) is 0. The summed E-state index contributed by atoms with van der Waals surface area (Å²) >= 11 is 3.39. The van der Waals surface area contributed by atoms with Gasteiger partial charge in [0.1, 0.15) is 5.82 Å². The van der Waals surface area contributed by atoms with Crippen molar-refractivity contribution in [2.24, 2.45) is 0 Å². The van der Waals surface area contributed by atoms with Crippen molar-refractivity contribution in [3.05, 3.63) is 63.4 Å². The van der Waals surface area contributed by atoms with Gasteiger partial charge in [-0.25, -0.2) is 4.39 Å². The van der Waals surface area contributed by atoms with Crippen LogP contribution >= 0.6 is 15.9 Å². The highest BCUT2D eigenvalue weighted by Crippen LogP contribution is 2.24. The minimum atomic E-state index is -0.342. The number of amides is 1. The van der Waals surface area contributed by atoms with Gasteiger partial charge >= 0.3 is 0 Å². The van der Waals surface area contributed by atoms with E-state index in [4.69, 9.17) is 0 Å². The van der Waals surface area contributed by atoms with E-state index in [2.05, 4.69) is 21.2 Å². The summed E-state index contributed by atoms with van der Waals surface area (Å²) in [5.41, 5.74) is 2.83. The van der Waals surface area contributed by atoms with E-state index >= 15 is 0 Å². The van der Waals surface area contributed by atoms with Crippen molar-refractivity contribution >= 4 is 27.5 Å². The van der Waals surface area contributed by atoms with Crippen molar-refractivity contribution in [1.82, 2.24) is 0 Å². The van der Waals surface area contributed by atoms with Gasteiger partial charge in [-0.05, 0) is 71.2 Å². The molecule has 98 valence electrons. The van der Waals surface area contributed by atoms with Gasteiger partial charge in [-0.1, -0.05) is 6.07 Å². The molecule has 0 fully saturated rings. The molecule has 0 aromatic heterocycles. The largest absolute Gasteiger partial charge is 0.321 e. The van der Waals surface area contributed by atoms with Gasteiger partial charge < -0.3 is 5.32 Å². The fourth-order valence-electron chi connectivity index (χ4n) is 1.81. The van der Waals surface area contributed by atoms with Gasteiger partial charge in [0, 0.05) is 10.0 Å². The van der Waals surface area contributed by atoms with Crippen LogP contribution in [0.5, 0.6) is 0 Å². The van der Waals surface area contributed by atoms with E-state index in [9.17, 15) is 9.18 Å². The number of aryl methyl sites for hydroxylation is 2. The third kappa shape index (κ3) is 3.20. The smallest absolute Gasteiger partial charge is 0.255 e. The van der Waals surface area contributed by atoms with E-state index in [0.29, 0.717) is 16.8 Å². The van der Waals surface area contributed by atoms with Crippen LogP contribution in [0.3, 0.4) is 0 Å². The van der Waals surface area contributed by atoms with Crippen LogP contribution < -0.4 is 5.32 Å². The second kappa shape index (κ2) is 5.53. The molecule has 2 aromatic rings. The Bertz CT molecular complexity index is 640. The Morgan fingerprint density at radius 1 is 1.16 bits per heavy atom. The standard InChI is InChI=1S/C15H13BrFNO/c1-9-3-6-13(16)14(7-9)18-15(19)12-5-4-11(17)8-10(12)2/h3-8H,1-2H3,(H,18,19). The van der Waals surface area contributed by atoms with E-state index in [1.165, 1.54) is 18.2 Å². The van der Waals surface area contributed by atoms with Crippen LogP contribution in [0.25, 0.3) is 0 Å². The van der Waals surface area contributed by atoms with Crippen LogP contribution in [0.2, 0.25) is 0 Å². The Morgan fingerprint density at radius 2 is 1.89 bits per heavy atom. The van der Waals surface area contributed by atoms with Crippen molar-refractivity contribution in [2.45, 2.75) is 13.8 Å². The number of carbonyl (C=O) groups is 1. The summed E-state index contributed by atoms with van der Waals surface area (Å²) in [5.74, 6) is -0.588. The van der Waals surface area contributed by atoms with Crippen LogP contribution in [-0.4, -0.2) is 5.91 Å². The molecule has 0 aliphatic heterocycles. The Morgan fingerprint density at radius 3 is 2.58 bits per heavy atom. The number of hydrogen-bond acceptors (Lipinski definition) is 1. The molecule has 0 unspecified atom stereocenters. The lowest BCUT2D eigenvalue weighted by Crippen LogP contribution is -2.14. The van der Waals surface area contributed by atoms with Gasteiger partial charge in [-0.15, -0.1) is 0 Å². The molecule has 0 atom stereocenters. The molecular weight excluding hydrogens is 309 g/mol. The Balaban J connectivity index is 2.28. The molecule has 2 aromatic carbocycles. The maximum absolute atomic E-state index is 13.0. The molecule has 4 heteroatoms. The molecule has 2 rings (SSSR count). The predicted molar refractivity (Wildman–Crippen MR) is 78.0 cm³/mol. The van der Waals surface area contributed by atoms with E-state index < -0.39 is 0 Å². The Labute approximate surface area is 119 Å². The zero-order chi connectivity index (χ0) is 14.0. The third-order valence-electron chi connectivity index (χ3n) is 2.80.